The molecule has 1 unspecified atom stereocenters. The van der Waals surface area contributed by atoms with Crippen LogP contribution in [0.4, 0.5) is 0 Å². The Morgan fingerprint density at radius 1 is 1.14 bits per heavy atom. The zero-order valence-electron chi connectivity index (χ0n) is 19.4. The first-order chi connectivity index (χ1) is 17.0. The third-order valence-electron chi connectivity index (χ3n) is 7.29. The largest absolute Gasteiger partial charge is 0.379 e. The number of amides is 2. The van der Waals surface area contributed by atoms with Gasteiger partial charge in [-0.25, -0.2) is 0 Å². The first-order valence-corrected chi connectivity index (χ1v) is 12.2. The molecule has 2 amide bonds. The van der Waals surface area contributed by atoms with Gasteiger partial charge in [0.25, 0.3) is 11.8 Å². The monoisotopic (exact) mass is 495 g/mol. The maximum atomic E-state index is 13.8. The van der Waals surface area contributed by atoms with Gasteiger partial charge in [0.05, 0.1) is 25.5 Å². The summed E-state index contributed by atoms with van der Waals surface area (Å²) in [5, 5.41) is 4.49. The Bertz CT molecular complexity index is 1280. The lowest BCUT2D eigenvalue weighted by molar-refractivity contribution is -0.00598. The van der Waals surface area contributed by atoms with Crippen molar-refractivity contribution in [3.63, 3.8) is 0 Å². The molecule has 3 aliphatic rings. The van der Waals surface area contributed by atoms with Gasteiger partial charge in [0.2, 0.25) is 0 Å². The number of carbonyl (C=O) groups excluding carboxylic acids is 2. The molecule has 0 aliphatic carbocycles. The van der Waals surface area contributed by atoms with Crippen LogP contribution in [0.3, 0.4) is 0 Å². The van der Waals surface area contributed by atoms with Gasteiger partial charge in [-0.15, -0.1) is 0 Å². The number of fused-ring (bicyclic) bond motifs is 2. The van der Waals surface area contributed by atoms with Crippen molar-refractivity contribution < 1.29 is 18.8 Å². The topological polar surface area (TPSA) is 84.1 Å². The van der Waals surface area contributed by atoms with E-state index in [9.17, 15) is 9.59 Å². The van der Waals surface area contributed by atoms with Crippen molar-refractivity contribution in [3.8, 4) is 0 Å². The maximum Gasteiger partial charge on any atom is 0.272 e. The summed E-state index contributed by atoms with van der Waals surface area (Å²) in [7, 11) is 0. The van der Waals surface area contributed by atoms with Crippen LogP contribution in [0.2, 0.25) is 5.02 Å². The second kappa shape index (κ2) is 8.51. The van der Waals surface area contributed by atoms with Gasteiger partial charge in [0.1, 0.15) is 17.5 Å². The minimum Gasteiger partial charge on any atom is -0.379 e. The Morgan fingerprint density at radius 2 is 1.91 bits per heavy atom. The average Bonchev–Trinajstić information content (AvgIpc) is 3.57. The van der Waals surface area contributed by atoms with E-state index < -0.39 is 5.66 Å². The summed E-state index contributed by atoms with van der Waals surface area (Å²) >= 11 is 6.20. The molecule has 2 aromatic heterocycles. The normalized spacial score (nSPS) is 22.4. The molecule has 182 valence electrons. The average molecular weight is 496 g/mol. The van der Waals surface area contributed by atoms with Gasteiger partial charge >= 0.3 is 0 Å². The van der Waals surface area contributed by atoms with Crippen LogP contribution in [0.5, 0.6) is 0 Å². The zero-order chi connectivity index (χ0) is 24.2. The smallest absolute Gasteiger partial charge is 0.272 e. The molecule has 5 heterocycles. The lowest BCUT2D eigenvalue weighted by Crippen LogP contribution is -2.60. The lowest BCUT2D eigenvalue weighted by atomic mass is 9.93. The molecule has 0 radical (unpaired) electrons. The van der Waals surface area contributed by atoms with E-state index in [-0.39, 0.29) is 11.8 Å². The highest BCUT2D eigenvalue weighted by Crippen LogP contribution is 2.44. The van der Waals surface area contributed by atoms with Crippen LogP contribution in [0, 0.1) is 6.92 Å². The number of hydrogen-bond acceptors (Lipinski definition) is 6. The Morgan fingerprint density at radius 3 is 2.63 bits per heavy atom. The molecule has 2 saturated heterocycles. The molecular weight excluding hydrogens is 470 g/mol. The summed E-state index contributed by atoms with van der Waals surface area (Å²) in [6.45, 7) is 6.95. The summed E-state index contributed by atoms with van der Waals surface area (Å²) in [5.74, 6) is -0.296. The van der Waals surface area contributed by atoms with Gasteiger partial charge in [-0.1, -0.05) is 28.9 Å². The first kappa shape index (κ1) is 22.3. The van der Waals surface area contributed by atoms with Gasteiger partial charge in [0.15, 0.2) is 5.66 Å². The summed E-state index contributed by atoms with van der Waals surface area (Å²) in [5.41, 5.74) is 2.51. The molecule has 3 aromatic rings. The third kappa shape index (κ3) is 3.57. The number of morpholine rings is 1. The van der Waals surface area contributed by atoms with E-state index in [2.05, 4.69) is 10.1 Å². The van der Waals surface area contributed by atoms with E-state index in [4.69, 9.17) is 20.9 Å². The molecule has 0 N–H and O–H groups in total. The number of hydrogen-bond donors (Lipinski definition) is 0. The van der Waals surface area contributed by atoms with E-state index in [1.165, 1.54) is 6.26 Å². The highest BCUT2D eigenvalue weighted by Gasteiger charge is 2.56. The maximum absolute atomic E-state index is 13.8. The minimum absolute atomic E-state index is 0.0863. The number of rotatable bonds is 4. The molecular formula is C25H26ClN5O4. The van der Waals surface area contributed by atoms with Crippen molar-refractivity contribution in [2.24, 2.45) is 0 Å². The number of ether oxygens (including phenoxy) is 1. The van der Waals surface area contributed by atoms with Crippen LogP contribution in [-0.2, 0) is 23.5 Å². The highest BCUT2D eigenvalue weighted by atomic mass is 35.5. The third-order valence-corrected chi connectivity index (χ3v) is 7.54. The fourth-order valence-corrected chi connectivity index (χ4v) is 5.67. The number of carbonyl (C=O) groups is 2. The van der Waals surface area contributed by atoms with Gasteiger partial charge in [-0.05, 0) is 30.7 Å². The molecule has 0 spiro atoms. The van der Waals surface area contributed by atoms with Crippen molar-refractivity contribution in [1.29, 1.82) is 0 Å². The van der Waals surface area contributed by atoms with E-state index in [0.717, 1.165) is 44.0 Å². The number of aryl methyl sites for hydroxylation is 1. The molecule has 1 atom stereocenters. The van der Waals surface area contributed by atoms with E-state index in [1.807, 2.05) is 33.9 Å². The number of aromatic nitrogens is 2. The van der Waals surface area contributed by atoms with Crippen molar-refractivity contribution in [1.82, 2.24) is 24.4 Å². The second-order valence-corrected chi connectivity index (χ2v) is 9.74. The fraction of sp³-hybridized carbons (Fsp3) is 0.400. The van der Waals surface area contributed by atoms with Crippen molar-refractivity contribution in [3.05, 3.63) is 75.9 Å². The minimum atomic E-state index is -0.981. The zero-order valence-corrected chi connectivity index (χ0v) is 20.2. The molecule has 10 heteroatoms. The molecule has 3 aliphatic heterocycles. The summed E-state index contributed by atoms with van der Waals surface area (Å²) in [6, 6.07) is 9.39. The predicted octanol–water partition coefficient (Wildman–Crippen LogP) is 2.73. The number of nitrogens with zero attached hydrogens (tertiary/aromatic N) is 5. The Balaban J connectivity index is 1.42. The number of benzene rings is 1. The van der Waals surface area contributed by atoms with Crippen molar-refractivity contribution >= 4 is 23.4 Å². The van der Waals surface area contributed by atoms with Crippen LogP contribution in [0.15, 0.2) is 47.3 Å². The van der Waals surface area contributed by atoms with E-state index in [1.54, 1.807) is 24.0 Å². The van der Waals surface area contributed by atoms with Crippen molar-refractivity contribution in [2.75, 3.05) is 39.4 Å². The van der Waals surface area contributed by atoms with Crippen molar-refractivity contribution in [2.45, 2.75) is 25.7 Å². The molecule has 0 saturated carbocycles. The van der Waals surface area contributed by atoms with Crippen LogP contribution in [-0.4, -0.2) is 75.6 Å². The molecule has 2 fully saturated rings. The summed E-state index contributed by atoms with van der Waals surface area (Å²) in [4.78, 5) is 33.5. The summed E-state index contributed by atoms with van der Waals surface area (Å²) in [6.07, 6.45) is 3.42. The summed E-state index contributed by atoms with van der Waals surface area (Å²) < 4.78 is 12.5. The van der Waals surface area contributed by atoms with Crippen LogP contribution >= 0.6 is 11.6 Å². The van der Waals surface area contributed by atoms with Crippen LogP contribution in [0.25, 0.3) is 0 Å². The van der Waals surface area contributed by atoms with Gasteiger partial charge in [-0.2, -0.15) is 0 Å². The highest BCUT2D eigenvalue weighted by molar-refractivity contribution is 6.30. The van der Waals surface area contributed by atoms with Gasteiger partial charge in [-0.3, -0.25) is 14.5 Å². The Kier molecular flexibility index (Phi) is 5.43. The standard InChI is InChI=1S/C25H26ClN5O4/c1-17-21(15-35-27-17)23(32)30-6-7-31-24(33)22-12-18(13-28-8-10-34-11-9-28)14-29(22)16-25(30,31)19-2-4-20(26)5-3-19/h2-5,12,14-15H,6-11,13,16H2,1H3. The van der Waals surface area contributed by atoms with Crippen LogP contribution < -0.4 is 0 Å². The van der Waals surface area contributed by atoms with Gasteiger partial charge < -0.3 is 23.6 Å². The fourth-order valence-electron chi connectivity index (χ4n) is 5.55. The first-order valence-electron chi connectivity index (χ1n) is 11.8. The second-order valence-electron chi connectivity index (χ2n) is 9.30. The molecule has 35 heavy (non-hydrogen) atoms. The van der Waals surface area contributed by atoms with E-state index >= 15 is 0 Å². The SMILES string of the molecule is Cc1nocc1C(=O)N1CCN2C(=O)c3cc(CN4CCOCC4)cn3CC12c1ccc(Cl)cc1. The molecule has 9 nitrogen and oxygen atoms in total. The van der Waals surface area contributed by atoms with E-state index in [0.29, 0.717) is 41.6 Å². The Labute approximate surface area is 207 Å². The predicted molar refractivity (Wildman–Crippen MR) is 127 cm³/mol. The molecule has 1 aromatic carbocycles. The van der Waals surface area contributed by atoms with Gasteiger partial charge in [0, 0.05) is 49.5 Å². The quantitative estimate of drug-likeness (QED) is 0.553. The Hall–Kier alpha value is -3.14. The number of halogens is 1. The molecule has 0 bridgehead atoms. The van der Waals surface area contributed by atoms with Crippen LogP contribution in [0.1, 0.15) is 37.7 Å². The lowest BCUT2D eigenvalue weighted by Gasteiger charge is -2.47. The molecule has 6 rings (SSSR count).